The zero-order chi connectivity index (χ0) is 9.35. The Morgan fingerprint density at radius 2 is 2.25 bits per heavy atom. The third kappa shape index (κ3) is 1.53. The van der Waals surface area contributed by atoms with E-state index in [-0.39, 0.29) is 0 Å². The first-order chi connectivity index (χ1) is 5.44. The molecule has 0 fully saturated rings. The van der Waals surface area contributed by atoms with E-state index in [9.17, 15) is 4.79 Å². The molecule has 0 spiro atoms. The van der Waals surface area contributed by atoms with Crippen molar-refractivity contribution in [2.45, 2.75) is 19.3 Å². The highest BCUT2D eigenvalue weighted by molar-refractivity contribution is 9.10. The molecule has 0 aromatic carbocycles. The molecule has 0 aliphatic carbocycles. The van der Waals surface area contributed by atoms with Gasteiger partial charge in [-0.1, -0.05) is 0 Å². The molecule has 0 atom stereocenters. The Kier molecular flexibility index (Phi) is 2.28. The van der Waals surface area contributed by atoms with Gasteiger partial charge in [-0.15, -0.1) is 0 Å². The molecule has 1 aromatic rings. The summed E-state index contributed by atoms with van der Waals surface area (Å²) in [6.07, 6.45) is 1.47. The molecule has 0 aliphatic rings. The highest BCUT2D eigenvalue weighted by atomic mass is 79.9. The summed E-state index contributed by atoms with van der Waals surface area (Å²) >= 11 is 3.19. The first-order valence-corrected chi connectivity index (χ1v) is 4.22. The average Bonchev–Trinajstić information content (AvgIpc) is 2.35. The second kappa shape index (κ2) is 2.94. The summed E-state index contributed by atoms with van der Waals surface area (Å²) < 4.78 is 5.82. The molecule has 0 radical (unpaired) electrons. The van der Waals surface area contributed by atoms with E-state index in [1.807, 2.05) is 0 Å². The second-order valence-electron chi connectivity index (χ2n) is 3.06. The molecule has 0 saturated heterocycles. The van der Waals surface area contributed by atoms with Crippen molar-refractivity contribution < 1.29 is 14.3 Å². The van der Waals surface area contributed by atoms with Crippen LogP contribution in [0.1, 0.15) is 19.6 Å². The average molecular weight is 233 g/mol. The lowest BCUT2D eigenvalue weighted by Gasteiger charge is -2.14. The molecule has 1 aromatic heterocycles. The molecule has 0 saturated carbocycles. The van der Waals surface area contributed by atoms with Gasteiger partial charge in [0.15, 0.2) is 0 Å². The highest BCUT2D eigenvalue weighted by Crippen LogP contribution is 2.27. The van der Waals surface area contributed by atoms with Crippen molar-refractivity contribution >= 4 is 21.9 Å². The van der Waals surface area contributed by atoms with E-state index in [1.54, 1.807) is 19.9 Å². The number of hydrogen-bond donors (Lipinski definition) is 1. The van der Waals surface area contributed by atoms with Crippen LogP contribution in [-0.2, 0) is 10.2 Å². The number of carboxylic acid groups (broad SMARTS) is 1. The summed E-state index contributed by atoms with van der Waals surface area (Å²) in [5.74, 6) is -0.453. The van der Waals surface area contributed by atoms with E-state index in [0.717, 1.165) is 4.47 Å². The molecule has 4 heteroatoms. The van der Waals surface area contributed by atoms with Crippen LogP contribution >= 0.6 is 15.9 Å². The van der Waals surface area contributed by atoms with Crippen LogP contribution in [0.4, 0.5) is 0 Å². The Hall–Kier alpha value is -0.770. The maximum Gasteiger partial charge on any atom is 0.316 e. The number of furan rings is 1. The first-order valence-electron chi connectivity index (χ1n) is 3.42. The molecule has 0 aliphatic heterocycles. The minimum atomic E-state index is -0.966. The van der Waals surface area contributed by atoms with Gasteiger partial charge in [-0.25, -0.2) is 0 Å². The Morgan fingerprint density at radius 1 is 1.67 bits per heavy atom. The van der Waals surface area contributed by atoms with E-state index in [0.29, 0.717) is 5.76 Å². The van der Waals surface area contributed by atoms with Gasteiger partial charge in [-0.3, -0.25) is 4.79 Å². The predicted octanol–water partition coefficient (Wildman–Crippen LogP) is 2.40. The molecule has 12 heavy (non-hydrogen) atoms. The quantitative estimate of drug-likeness (QED) is 0.853. The van der Waals surface area contributed by atoms with Gasteiger partial charge in [-0.05, 0) is 35.8 Å². The number of rotatable bonds is 2. The smallest absolute Gasteiger partial charge is 0.316 e. The zero-order valence-corrected chi connectivity index (χ0v) is 8.38. The van der Waals surface area contributed by atoms with Crippen LogP contribution in [0.15, 0.2) is 21.2 Å². The minimum absolute atomic E-state index is 0.446. The van der Waals surface area contributed by atoms with E-state index in [2.05, 4.69) is 15.9 Å². The summed E-state index contributed by atoms with van der Waals surface area (Å²) in [4.78, 5) is 10.8. The lowest BCUT2D eigenvalue weighted by Crippen LogP contribution is -2.27. The highest BCUT2D eigenvalue weighted by Gasteiger charge is 2.32. The van der Waals surface area contributed by atoms with Crippen molar-refractivity contribution in [1.29, 1.82) is 0 Å². The van der Waals surface area contributed by atoms with Crippen LogP contribution in [0.5, 0.6) is 0 Å². The molecule has 66 valence electrons. The topological polar surface area (TPSA) is 50.4 Å². The number of carbonyl (C=O) groups is 1. The molecule has 1 heterocycles. The van der Waals surface area contributed by atoms with Gasteiger partial charge in [0, 0.05) is 0 Å². The predicted molar refractivity (Wildman–Crippen MR) is 47.1 cm³/mol. The van der Waals surface area contributed by atoms with Gasteiger partial charge >= 0.3 is 5.97 Å². The van der Waals surface area contributed by atoms with E-state index in [1.165, 1.54) is 6.26 Å². The number of hydrogen-bond acceptors (Lipinski definition) is 2. The van der Waals surface area contributed by atoms with Gasteiger partial charge in [0.1, 0.15) is 17.4 Å². The van der Waals surface area contributed by atoms with Gasteiger partial charge < -0.3 is 9.52 Å². The molecule has 0 bridgehead atoms. The minimum Gasteiger partial charge on any atom is -0.481 e. The van der Waals surface area contributed by atoms with Crippen LogP contribution in [0.2, 0.25) is 0 Å². The molecule has 0 amide bonds. The van der Waals surface area contributed by atoms with Crippen LogP contribution in [0.25, 0.3) is 0 Å². The molecule has 0 unspecified atom stereocenters. The van der Waals surface area contributed by atoms with Gasteiger partial charge in [0.25, 0.3) is 0 Å². The zero-order valence-electron chi connectivity index (χ0n) is 6.80. The summed E-state index contributed by atoms with van der Waals surface area (Å²) in [7, 11) is 0. The van der Waals surface area contributed by atoms with Crippen molar-refractivity contribution in [3.8, 4) is 0 Å². The molecule has 3 nitrogen and oxygen atoms in total. The standard InChI is InChI=1S/C8H9BrO3/c1-8(2,7(10)11)6-3-5(9)4-12-6/h3-4H,1-2H3,(H,10,11). The van der Waals surface area contributed by atoms with Crippen LogP contribution in [0, 0.1) is 0 Å². The Morgan fingerprint density at radius 3 is 2.58 bits per heavy atom. The largest absolute Gasteiger partial charge is 0.481 e. The third-order valence-corrected chi connectivity index (χ3v) is 2.13. The fourth-order valence-corrected chi connectivity index (χ4v) is 1.05. The number of carboxylic acids is 1. The van der Waals surface area contributed by atoms with Crippen molar-refractivity contribution in [3.05, 3.63) is 22.6 Å². The second-order valence-corrected chi connectivity index (χ2v) is 3.98. The Balaban J connectivity index is 3.05. The van der Waals surface area contributed by atoms with Crippen molar-refractivity contribution in [2.24, 2.45) is 0 Å². The molecular weight excluding hydrogens is 224 g/mol. The lowest BCUT2D eigenvalue weighted by molar-refractivity contribution is -0.143. The lowest BCUT2D eigenvalue weighted by atomic mass is 9.91. The normalized spacial score (nSPS) is 11.6. The van der Waals surface area contributed by atoms with Crippen LogP contribution in [0.3, 0.4) is 0 Å². The van der Waals surface area contributed by atoms with E-state index >= 15 is 0 Å². The van der Waals surface area contributed by atoms with E-state index < -0.39 is 11.4 Å². The molecular formula is C8H9BrO3. The van der Waals surface area contributed by atoms with Gasteiger partial charge in [0.05, 0.1) is 4.47 Å². The van der Waals surface area contributed by atoms with Crippen molar-refractivity contribution in [2.75, 3.05) is 0 Å². The van der Waals surface area contributed by atoms with Gasteiger partial charge in [-0.2, -0.15) is 0 Å². The molecule has 1 rings (SSSR count). The summed E-state index contributed by atoms with van der Waals surface area (Å²) in [5.41, 5.74) is -0.966. The van der Waals surface area contributed by atoms with E-state index in [4.69, 9.17) is 9.52 Å². The third-order valence-electron chi connectivity index (χ3n) is 1.72. The monoisotopic (exact) mass is 232 g/mol. The maximum atomic E-state index is 10.8. The van der Waals surface area contributed by atoms with Gasteiger partial charge in [0.2, 0.25) is 0 Å². The number of aliphatic carboxylic acids is 1. The number of halogens is 1. The fraction of sp³-hybridized carbons (Fsp3) is 0.375. The fourth-order valence-electron chi connectivity index (χ4n) is 0.746. The Bertz CT molecular complexity index is 301. The Labute approximate surface area is 78.5 Å². The van der Waals surface area contributed by atoms with Crippen molar-refractivity contribution in [1.82, 2.24) is 0 Å². The SMILES string of the molecule is CC(C)(C(=O)O)c1cc(Br)co1. The summed E-state index contributed by atoms with van der Waals surface area (Å²) in [6, 6.07) is 1.66. The maximum absolute atomic E-state index is 10.8. The van der Waals surface area contributed by atoms with Crippen molar-refractivity contribution in [3.63, 3.8) is 0 Å². The summed E-state index contributed by atoms with van der Waals surface area (Å²) in [5, 5.41) is 8.83. The molecule has 1 N–H and O–H groups in total. The van der Waals surface area contributed by atoms with Crippen LogP contribution in [-0.4, -0.2) is 11.1 Å². The first kappa shape index (κ1) is 9.32. The van der Waals surface area contributed by atoms with Crippen LogP contribution < -0.4 is 0 Å². The summed E-state index contributed by atoms with van der Waals surface area (Å²) in [6.45, 7) is 3.20.